The van der Waals surface area contributed by atoms with Crippen LogP contribution in [0.5, 0.6) is 5.75 Å². The minimum absolute atomic E-state index is 0.0982. The van der Waals surface area contributed by atoms with Gasteiger partial charge in [0.05, 0.1) is 19.6 Å². The van der Waals surface area contributed by atoms with Crippen LogP contribution in [-0.2, 0) is 25.5 Å². The van der Waals surface area contributed by atoms with Gasteiger partial charge in [-0.25, -0.2) is 0 Å². The van der Waals surface area contributed by atoms with E-state index in [1.807, 2.05) is 0 Å². The van der Waals surface area contributed by atoms with Crippen molar-refractivity contribution >= 4 is 17.8 Å². The lowest BCUT2D eigenvalue weighted by atomic mass is 10.0. The molecule has 3 atom stereocenters. The van der Waals surface area contributed by atoms with E-state index in [1.165, 1.54) is 19.2 Å². The third-order valence-electron chi connectivity index (χ3n) is 3.91. The number of carbonyl (C=O) groups excluding carboxylic acids is 2. The summed E-state index contributed by atoms with van der Waals surface area (Å²) in [6, 6.07) is 4.60. The molecule has 1 aliphatic rings. The Morgan fingerprint density at radius 3 is 2.62 bits per heavy atom. The van der Waals surface area contributed by atoms with Crippen LogP contribution < -0.4 is 10.6 Å². The van der Waals surface area contributed by atoms with E-state index in [1.54, 1.807) is 12.1 Å². The van der Waals surface area contributed by atoms with Gasteiger partial charge >= 0.3 is 11.9 Å². The van der Waals surface area contributed by atoms with Gasteiger partial charge in [0.25, 0.3) is 0 Å². The van der Waals surface area contributed by atoms with Crippen LogP contribution in [0.2, 0.25) is 0 Å². The summed E-state index contributed by atoms with van der Waals surface area (Å²) in [6.45, 7) is 0. The Hall–Kier alpha value is -2.61. The van der Waals surface area contributed by atoms with Crippen LogP contribution in [0.15, 0.2) is 24.3 Å². The Labute approximate surface area is 138 Å². The summed E-state index contributed by atoms with van der Waals surface area (Å²) in [6.07, 6.45) is 0.162. The Bertz CT molecular complexity index is 615. The molecule has 1 fully saturated rings. The van der Waals surface area contributed by atoms with Gasteiger partial charge < -0.3 is 20.3 Å². The molecule has 1 heterocycles. The van der Waals surface area contributed by atoms with Gasteiger partial charge in [-0.2, -0.15) is 0 Å². The smallest absolute Gasteiger partial charge is 0.323 e. The van der Waals surface area contributed by atoms with E-state index >= 15 is 0 Å². The predicted molar refractivity (Wildman–Crippen MR) is 83.3 cm³/mol. The van der Waals surface area contributed by atoms with Crippen LogP contribution in [0.4, 0.5) is 0 Å². The van der Waals surface area contributed by atoms with Gasteiger partial charge in [-0.1, -0.05) is 12.1 Å². The number of phenols is 1. The lowest BCUT2D eigenvalue weighted by molar-refractivity contribution is -0.143. The number of aliphatic carboxylic acids is 1. The van der Waals surface area contributed by atoms with Crippen LogP contribution in [0.1, 0.15) is 18.4 Å². The number of carbonyl (C=O) groups is 3. The number of carboxylic acids is 1. The fraction of sp³-hybridized carbons (Fsp3) is 0.438. The van der Waals surface area contributed by atoms with Crippen LogP contribution in [0.25, 0.3) is 0 Å². The highest BCUT2D eigenvalue weighted by Gasteiger charge is 2.36. The highest BCUT2D eigenvalue weighted by atomic mass is 16.5. The van der Waals surface area contributed by atoms with Crippen LogP contribution in [0, 0.1) is 0 Å². The van der Waals surface area contributed by atoms with Gasteiger partial charge in [-0.3, -0.25) is 19.7 Å². The lowest BCUT2D eigenvalue weighted by Gasteiger charge is -2.24. The summed E-state index contributed by atoms with van der Waals surface area (Å²) in [5.41, 5.74) is 0.794. The molecule has 0 unspecified atom stereocenters. The molecule has 130 valence electrons. The molecule has 4 N–H and O–H groups in total. The number of ether oxygens (including phenoxy) is 1. The summed E-state index contributed by atoms with van der Waals surface area (Å²) in [7, 11) is 1.26. The standard InChI is InChI=1S/C16H20N2O6/c1-24-16(23)13(6-9-2-4-10(19)5-3-9)17-11-7-14(20)18-12(11)8-15(21)22/h2-5,11-13,17,19H,6-8H2,1H3,(H,18,20)(H,21,22)/t11-,12+,13-/m0/s1. The number of methoxy groups -OCH3 is 1. The van der Waals surface area contributed by atoms with Crippen molar-refractivity contribution in [3.05, 3.63) is 29.8 Å². The summed E-state index contributed by atoms with van der Waals surface area (Å²) < 4.78 is 4.79. The number of amides is 1. The van der Waals surface area contributed by atoms with Crippen molar-refractivity contribution in [1.29, 1.82) is 0 Å². The molecule has 8 heteroatoms. The van der Waals surface area contributed by atoms with Crippen molar-refractivity contribution < 1.29 is 29.3 Å². The first-order valence-corrected chi connectivity index (χ1v) is 7.52. The Balaban J connectivity index is 2.09. The average Bonchev–Trinajstić information content (AvgIpc) is 2.86. The van der Waals surface area contributed by atoms with Crippen molar-refractivity contribution in [2.45, 2.75) is 37.4 Å². The second-order valence-electron chi connectivity index (χ2n) is 5.70. The molecule has 24 heavy (non-hydrogen) atoms. The first-order valence-electron chi connectivity index (χ1n) is 7.52. The van der Waals surface area contributed by atoms with Crippen molar-refractivity contribution in [3.63, 3.8) is 0 Å². The molecule has 1 aliphatic heterocycles. The van der Waals surface area contributed by atoms with Gasteiger partial charge in [0.1, 0.15) is 11.8 Å². The summed E-state index contributed by atoms with van der Waals surface area (Å²) >= 11 is 0. The highest BCUT2D eigenvalue weighted by Crippen LogP contribution is 2.16. The number of aromatic hydroxyl groups is 1. The second-order valence-corrected chi connectivity index (χ2v) is 5.70. The van der Waals surface area contributed by atoms with Crippen molar-refractivity contribution in [1.82, 2.24) is 10.6 Å². The topological polar surface area (TPSA) is 125 Å². The van der Waals surface area contributed by atoms with E-state index in [-0.39, 0.29) is 30.9 Å². The zero-order valence-electron chi connectivity index (χ0n) is 13.2. The third kappa shape index (κ3) is 4.69. The molecular weight excluding hydrogens is 316 g/mol. The molecule has 0 radical (unpaired) electrons. The molecule has 0 aliphatic carbocycles. The molecule has 1 amide bonds. The number of carboxylic acid groups (broad SMARTS) is 1. The molecule has 1 saturated heterocycles. The normalized spacial score (nSPS) is 21.1. The lowest BCUT2D eigenvalue weighted by Crippen LogP contribution is -2.50. The number of nitrogens with one attached hydrogen (secondary N) is 2. The molecular formula is C16H20N2O6. The maximum atomic E-state index is 12.0. The molecule has 8 nitrogen and oxygen atoms in total. The number of esters is 1. The maximum absolute atomic E-state index is 12.0. The van der Waals surface area contributed by atoms with Crippen LogP contribution in [0.3, 0.4) is 0 Å². The Kier molecular flexibility index (Phi) is 5.75. The maximum Gasteiger partial charge on any atom is 0.323 e. The first kappa shape index (κ1) is 17.7. The van der Waals surface area contributed by atoms with E-state index in [4.69, 9.17) is 9.84 Å². The van der Waals surface area contributed by atoms with Crippen LogP contribution >= 0.6 is 0 Å². The van der Waals surface area contributed by atoms with Gasteiger partial charge in [0, 0.05) is 12.5 Å². The van der Waals surface area contributed by atoms with E-state index < -0.39 is 30.1 Å². The zero-order valence-corrected chi connectivity index (χ0v) is 13.2. The Morgan fingerprint density at radius 2 is 2.04 bits per heavy atom. The van der Waals surface area contributed by atoms with E-state index in [9.17, 15) is 19.5 Å². The molecule has 1 aromatic rings. The average molecular weight is 336 g/mol. The summed E-state index contributed by atoms with van der Waals surface area (Å²) in [4.78, 5) is 34.5. The van der Waals surface area contributed by atoms with E-state index in [2.05, 4.69) is 10.6 Å². The minimum Gasteiger partial charge on any atom is -0.508 e. The second kappa shape index (κ2) is 7.78. The van der Waals surface area contributed by atoms with Gasteiger partial charge in [-0.15, -0.1) is 0 Å². The van der Waals surface area contributed by atoms with Crippen molar-refractivity contribution in [3.8, 4) is 5.75 Å². The molecule has 0 spiro atoms. The van der Waals surface area contributed by atoms with E-state index in [0.717, 1.165) is 5.56 Å². The molecule has 0 aromatic heterocycles. The first-order chi connectivity index (χ1) is 11.4. The number of benzene rings is 1. The summed E-state index contributed by atoms with van der Waals surface area (Å²) in [5, 5.41) is 23.9. The van der Waals surface area contributed by atoms with Gasteiger partial charge in [0.2, 0.25) is 5.91 Å². The molecule has 1 aromatic carbocycles. The summed E-state index contributed by atoms with van der Waals surface area (Å²) in [5.74, 6) is -1.67. The van der Waals surface area contributed by atoms with E-state index in [0.29, 0.717) is 0 Å². The fourth-order valence-electron chi connectivity index (χ4n) is 2.74. The van der Waals surface area contributed by atoms with Gasteiger partial charge in [0.15, 0.2) is 0 Å². The Morgan fingerprint density at radius 1 is 1.38 bits per heavy atom. The van der Waals surface area contributed by atoms with Gasteiger partial charge in [-0.05, 0) is 24.1 Å². The molecule has 0 saturated carbocycles. The third-order valence-corrected chi connectivity index (χ3v) is 3.91. The van der Waals surface area contributed by atoms with Crippen LogP contribution in [-0.4, -0.2) is 53.3 Å². The zero-order chi connectivity index (χ0) is 17.7. The number of phenolic OH excluding ortho intramolecular Hbond substituents is 1. The number of hydrogen-bond donors (Lipinski definition) is 4. The quantitative estimate of drug-likeness (QED) is 0.508. The number of hydrogen-bond acceptors (Lipinski definition) is 6. The SMILES string of the molecule is COC(=O)[C@H](Cc1ccc(O)cc1)N[C@H]1CC(=O)N[C@@H]1CC(=O)O. The fourth-order valence-corrected chi connectivity index (χ4v) is 2.74. The monoisotopic (exact) mass is 336 g/mol. The molecule has 2 rings (SSSR count). The van der Waals surface area contributed by atoms with Crippen molar-refractivity contribution in [2.24, 2.45) is 0 Å². The van der Waals surface area contributed by atoms with Crippen molar-refractivity contribution in [2.75, 3.05) is 7.11 Å². The highest BCUT2D eigenvalue weighted by molar-refractivity contribution is 5.82. The molecule has 0 bridgehead atoms. The minimum atomic E-state index is -1.03. The largest absolute Gasteiger partial charge is 0.508 e. The predicted octanol–water partition coefficient (Wildman–Crippen LogP) is -0.202. The number of rotatable bonds is 7.